The number of thiocarbonyl (C=S) groups is 1. The molecule has 1 N–H and O–H groups in total. The van der Waals surface area contributed by atoms with Crippen molar-refractivity contribution in [1.29, 1.82) is 0 Å². The van der Waals surface area contributed by atoms with E-state index in [1.807, 2.05) is 0 Å². The summed E-state index contributed by atoms with van der Waals surface area (Å²) in [5.41, 5.74) is 0. The summed E-state index contributed by atoms with van der Waals surface area (Å²) in [5, 5.41) is 4.58. The van der Waals surface area contributed by atoms with Gasteiger partial charge in [-0.05, 0) is 57.2 Å². The van der Waals surface area contributed by atoms with Gasteiger partial charge in [0.15, 0.2) is 5.11 Å². The lowest BCUT2D eigenvalue weighted by Crippen LogP contribution is -2.54. The Kier molecular flexibility index (Phi) is 3.50. The number of hydrogen-bond acceptors (Lipinski definition) is 2. The monoisotopic (exact) mass is 268 g/mol. The van der Waals surface area contributed by atoms with Crippen molar-refractivity contribution in [3.05, 3.63) is 0 Å². The molecule has 2 bridgehead atoms. The number of nitrogens with zero attached hydrogens (tertiary/aromatic N) is 1. The molecule has 102 valence electrons. The third kappa shape index (κ3) is 2.50. The Bertz CT molecular complexity index is 326. The molecule has 3 aliphatic rings. The van der Waals surface area contributed by atoms with Crippen LogP contribution < -0.4 is 5.32 Å². The van der Waals surface area contributed by atoms with Crippen LogP contribution in [0.25, 0.3) is 0 Å². The van der Waals surface area contributed by atoms with E-state index < -0.39 is 0 Å². The zero-order valence-electron chi connectivity index (χ0n) is 11.4. The number of fused-ring (bicyclic) bond motifs is 2. The standard InChI is InChI=1S/C14H24N2OS/c1-9-7-16(8-10(2)17-9)14(18)15-13-6-11-3-4-12(13)5-11/h9-13H,3-8H2,1-2H3,(H,15,18)/t9-,10+,11-,12-,13+/m0/s1. The first-order chi connectivity index (χ1) is 8.61. The SMILES string of the molecule is C[C@@H]1CN(C(=S)N[C@@H]2C[C@H]3CC[C@H]2C3)C[C@H](C)O1. The van der Waals surface area contributed by atoms with E-state index in [4.69, 9.17) is 17.0 Å². The lowest BCUT2D eigenvalue weighted by Gasteiger charge is -2.38. The molecule has 4 heteroatoms. The first-order valence-corrected chi connectivity index (χ1v) is 7.73. The van der Waals surface area contributed by atoms with Gasteiger partial charge in [-0.15, -0.1) is 0 Å². The minimum absolute atomic E-state index is 0.286. The predicted molar refractivity (Wildman–Crippen MR) is 76.6 cm³/mol. The lowest BCUT2D eigenvalue weighted by atomic mass is 9.95. The summed E-state index contributed by atoms with van der Waals surface area (Å²) < 4.78 is 5.76. The van der Waals surface area contributed by atoms with Crippen LogP contribution in [-0.4, -0.2) is 41.4 Å². The molecule has 2 saturated carbocycles. The van der Waals surface area contributed by atoms with Crippen LogP contribution >= 0.6 is 12.2 Å². The third-order valence-corrected chi connectivity index (χ3v) is 5.13. The van der Waals surface area contributed by atoms with E-state index in [0.717, 1.165) is 30.0 Å². The van der Waals surface area contributed by atoms with Crippen LogP contribution in [0.4, 0.5) is 0 Å². The molecule has 1 heterocycles. The van der Waals surface area contributed by atoms with E-state index in [0.29, 0.717) is 6.04 Å². The molecule has 3 nitrogen and oxygen atoms in total. The second kappa shape index (κ2) is 4.97. The maximum absolute atomic E-state index is 5.76. The molecule has 0 amide bonds. The summed E-state index contributed by atoms with van der Waals surface area (Å²) in [5.74, 6) is 1.85. The van der Waals surface area contributed by atoms with Gasteiger partial charge < -0.3 is 15.0 Å². The molecular formula is C14H24N2OS. The molecule has 0 aromatic heterocycles. The zero-order chi connectivity index (χ0) is 12.7. The van der Waals surface area contributed by atoms with E-state index in [1.54, 1.807) is 0 Å². The maximum atomic E-state index is 5.76. The average Bonchev–Trinajstić information content (AvgIpc) is 2.89. The molecule has 1 saturated heterocycles. The van der Waals surface area contributed by atoms with Crippen molar-refractivity contribution in [3.8, 4) is 0 Å². The van der Waals surface area contributed by atoms with Crippen molar-refractivity contribution in [3.63, 3.8) is 0 Å². The van der Waals surface area contributed by atoms with E-state index >= 15 is 0 Å². The zero-order valence-corrected chi connectivity index (χ0v) is 12.2. The smallest absolute Gasteiger partial charge is 0.169 e. The summed E-state index contributed by atoms with van der Waals surface area (Å²) in [6.07, 6.45) is 6.18. The highest BCUT2D eigenvalue weighted by Gasteiger charge is 2.40. The highest BCUT2D eigenvalue weighted by molar-refractivity contribution is 7.80. The van der Waals surface area contributed by atoms with Crippen molar-refractivity contribution in [2.75, 3.05) is 13.1 Å². The fourth-order valence-corrected chi connectivity index (χ4v) is 4.32. The van der Waals surface area contributed by atoms with Crippen LogP contribution in [0.15, 0.2) is 0 Å². The van der Waals surface area contributed by atoms with Crippen LogP contribution in [0.2, 0.25) is 0 Å². The first-order valence-electron chi connectivity index (χ1n) is 7.32. The summed E-state index contributed by atoms with van der Waals surface area (Å²) in [7, 11) is 0. The number of ether oxygens (including phenoxy) is 1. The van der Waals surface area contributed by atoms with Crippen LogP contribution in [0.5, 0.6) is 0 Å². The van der Waals surface area contributed by atoms with Gasteiger partial charge in [-0.3, -0.25) is 0 Å². The topological polar surface area (TPSA) is 24.5 Å². The number of rotatable bonds is 1. The Labute approximate surface area is 115 Å². The summed E-state index contributed by atoms with van der Waals surface area (Å²) >= 11 is 5.59. The second-order valence-corrected chi connectivity index (χ2v) is 6.78. The summed E-state index contributed by atoms with van der Waals surface area (Å²) in [6.45, 7) is 6.11. The molecule has 3 rings (SSSR count). The quantitative estimate of drug-likeness (QED) is 0.737. The largest absolute Gasteiger partial charge is 0.372 e. The fourth-order valence-electron chi connectivity index (χ4n) is 4.02. The predicted octanol–water partition coefficient (Wildman–Crippen LogP) is 2.16. The highest BCUT2D eigenvalue weighted by Crippen LogP contribution is 2.44. The van der Waals surface area contributed by atoms with E-state index in [2.05, 4.69) is 24.1 Å². The van der Waals surface area contributed by atoms with Gasteiger partial charge in [-0.1, -0.05) is 6.42 Å². The minimum Gasteiger partial charge on any atom is -0.372 e. The molecular weight excluding hydrogens is 244 g/mol. The Hall–Kier alpha value is -0.350. The molecule has 0 unspecified atom stereocenters. The molecule has 1 aliphatic heterocycles. The Balaban J connectivity index is 1.55. The Morgan fingerprint density at radius 2 is 1.89 bits per heavy atom. The summed E-state index contributed by atoms with van der Waals surface area (Å²) in [4.78, 5) is 2.29. The Morgan fingerprint density at radius 1 is 1.17 bits per heavy atom. The lowest BCUT2D eigenvalue weighted by molar-refractivity contribution is -0.0484. The fraction of sp³-hybridized carbons (Fsp3) is 0.929. The van der Waals surface area contributed by atoms with Gasteiger partial charge in [0, 0.05) is 19.1 Å². The van der Waals surface area contributed by atoms with Gasteiger partial charge in [0.05, 0.1) is 12.2 Å². The van der Waals surface area contributed by atoms with Crippen molar-refractivity contribution in [1.82, 2.24) is 10.2 Å². The van der Waals surface area contributed by atoms with Gasteiger partial charge in [-0.2, -0.15) is 0 Å². The van der Waals surface area contributed by atoms with Crippen molar-refractivity contribution in [2.45, 2.75) is 57.8 Å². The van der Waals surface area contributed by atoms with E-state index in [1.165, 1.54) is 25.7 Å². The average molecular weight is 268 g/mol. The van der Waals surface area contributed by atoms with Crippen molar-refractivity contribution >= 4 is 17.3 Å². The number of hydrogen-bond donors (Lipinski definition) is 1. The highest BCUT2D eigenvalue weighted by atomic mass is 32.1. The van der Waals surface area contributed by atoms with Crippen molar-refractivity contribution in [2.24, 2.45) is 11.8 Å². The molecule has 0 aromatic carbocycles. The van der Waals surface area contributed by atoms with Crippen molar-refractivity contribution < 1.29 is 4.74 Å². The molecule has 0 radical (unpaired) electrons. The van der Waals surface area contributed by atoms with Gasteiger partial charge in [0.25, 0.3) is 0 Å². The normalized spacial score (nSPS) is 43.2. The first kappa shape index (κ1) is 12.7. The van der Waals surface area contributed by atoms with Gasteiger partial charge in [0.2, 0.25) is 0 Å². The molecule has 2 aliphatic carbocycles. The number of morpholine rings is 1. The van der Waals surface area contributed by atoms with Gasteiger partial charge >= 0.3 is 0 Å². The van der Waals surface area contributed by atoms with E-state index in [-0.39, 0.29) is 12.2 Å². The van der Waals surface area contributed by atoms with Crippen LogP contribution in [0, 0.1) is 11.8 Å². The summed E-state index contributed by atoms with van der Waals surface area (Å²) in [6, 6.07) is 0.643. The maximum Gasteiger partial charge on any atom is 0.169 e. The minimum atomic E-state index is 0.286. The molecule has 5 atom stereocenters. The Morgan fingerprint density at radius 3 is 2.44 bits per heavy atom. The molecule has 18 heavy (non-hydrogen) atoms. The van der Waals surface area contributed by atoms with Crippen LogP contribution in [0.1, 0.15) is 39.5 Å². The second-order valence-electron chi connectivity index (χ2n) is 6.39. The van der Waals surface area contributed by atoms with Crippen LogP contribution in [-0.2, 0) is 4.74 Å². The molecule has 0 spiro atoms. The van der Waals surface area contributed by atoms with E-state index in [9.17, 15) is 0 Å². The number of nitrogens with one attached hydrogen (secondary N) is 1. The van der Waals surface area contributed by atoms with Gasteiger partial charge in [0.1, 0.15) is 0 Å². The third-order valence-electron chi connectivity index (χ3n) is 4.75. The van der Waals surface area contributed by atoms with Crippen LogP contribution in [0.3, 0.4) is 0 Å². The molecule has 3 fully saturated rings. The van der Waals surface area contributed by atoms with Gasteiger partial charge in [-0.25, -0.2) is 0 Å². The molecule has 0 aromatic rings.